The van der Waals surface area contributed by atoms with Gasteiger partial charge in [0.1, 0.15) is 5.75 Å². The van der Waals surface area contributed by atoms with Gasteiger partial charge in [-0.05, 0) is 42.5 Å². The van der Waals surface area contributed by atoms with Crippen molar-refractivity contribution in [3.05, 3.63) is 53.8 Å². The largest absolute Gasteiger partial charge is 0.573 e. The predicted octanol–water partition coefficient (Wildman–Crippen LogP) is 2.88. The lowest BCUT2D eigenvalue weighted by molar-refractivity contribution is -0.274. The Labute approximate surface area is 175 Å². The highest BCUT2D eigenvalue weighted by atomic mass is 32.2. The molecule has 0 radical (unpaired) electrons. The molecule has 1 amide bonds. The fraction of sp³-hybridized carbons (Fsp3) is 0.316. The van der Waals surface area contributed by atoms with E-state index < -0.39 is 33.9 Å². The molecule has 0 aromatic heterocycles. The lowest BCUT2D eigenvalue weighted by Gasteiger charge is -2.34. The Morgan fingerprint density at radius 2 is 1.61 bits per heavy atom. The first-order valence-electron chi connectivity index (χ1n) is 9.00. The standard InChI is InChI=1S/C19H18F4N2O5S/c1-29-17-7-2-13(12-16(17)20)18(26)24-8-10-25(11-9-24)31(27,28)15-5-3-14(4-6-15)30-19(21,22)23/h2-7,12H,8-11H2,1H3. The van der Waals surface area contributed by atoms with E-state index in [1.54, 1.807) is 0 Å². The third-order valence-electron chi connectivity index (χ3n) is 4.62. The first kappa shape index (κ1) is 22.8. The minimum atomic E-state index is -4.88. The minimum Gasteiger partial charge on any atom is -0.494 e. The quantitative estimate of drug-likeness (QED) is 0.639. The Morgan fingerprint density at radius 3 is 2.13 bits per heavy atom. The number of sulfonamides is 1. The molecule has 12 heteroatoms. The van der Waals surface area contributed by atoms with Crippen LogP contribution in [0.25, 0.3) is 0 Å². The Bertz CT molecular complexity index is 1050. The number of halogens is 4. The van der Waals surface area contributed by atoms with Crippen molar-refractivity contribution in [2.24, 2.45) is 0 Å². The number of alkyl halides is 3. The van der Waals surface area contributed by atoms with Gasteiger partial charge in [0.15, 0.2) is 11.6 Å². The molecule has 1 heterocycles. The van der Waals surface area contributed by atoms with Crippen molar-refractivity contribution in [2.75, 3.05) is 33.3 Å². The predicted molar refractivity (Wildman–Crippen MR) is 101 cm³/mol. The molecule has 1 aliphatic rings. The van der Waals surface area contributed by atoms with E-state index in [0.717, 1.165) is 34.6 Å². The molecule has 0 spiro atoms. The lowest BCUT2D eigenvalue weighted by Crippen LogP contribution is -2.50. The average molecular weight is 462 g/mol. The van der Waals surface area contributed by atoms with Crippen LogP contribution in [-0.2, 0) is 10.0 Å². The second-order valence-electron chi connectivity index (χ2n) is 6.56. The Hall–Kier alpha value is -2.86. The van der Waals surface area contributed by atoms with E-state index in [1.165, 1.54) is 24.1 Å². The maximum atomic E-state index is 13.8. The Morgan fingerprint density at radius 1 is 1.00 bits per heavy atom. The highest BCUT2D eigenvalue weighted by molar-refractivity contribution is 7.89. The van der Waals surface area contributed by atoms with E-state index in [9.17, 15) is 30.8 Å². The fourth-order valence-corrected chi connectivity index (χ4v) is 4.50. The molecule has 3 rings (SSSR count). The van der Waals surface area contributed by atoms with Crippen molar-refractivity contribution in [2.45, 2.75) is 11.3 Å². The summed E-state index contributed by atoms with van der Waals surface area (Å²) in [5, 5.41) is 0. The number of benzene rings is 2. The van der Waals surface area contributed by atoms with Crippen molar-refractivity contribution in [1.29, 1.82) is 0 Å². The number of ether oxygens (including phenoxy) is 2. The molecule has 2 aromatic rings. The Kier molecular flexibility index (Phi) is 6.41. The maximum Gasteiger partial charge on any atom is 0.573 e. The van der Waals surface area contributed by atoms with E-state index >= 15 is 0 Å². The van der Waals surface area contributed by atoms with Crippen LogP contribution in [0.1, 0.15) is 10.4 Å². The van der Waals surface area contributed by atoms with E-state index in [4.69, 9.17) is 4.74 Å². The van der Waals surface area contributed by atoms with Crippen molar-refractivity contribution < 1.29 is 40.2 Å². The third kappa shape index (κ3) is 5.25. The molecule has 1 aliphatic heterocycles. The molecule has 0 N–H and O–H groups in total. The first-order valence-corrected chi connectivity index (χ1v) is 10.4. The van der Waals surface area contributed by atoms with E-state index in [0.29, 0.717) is 0 Å². The zero-order valence-electron chi connectivity index (χ0n) is 16.2. The molecule has 2 aromatic carbocycles. The minimum absolute atomic E-state index is 0.000820. The van der Waals surface area contributed by atoms with Crippen LogP contribution in [0.5, 0.6) is 11.5 Å². The van der Waals surface area contributed by atoms with Crippen LogP contribution in [0.4, 0.5) is 17.6 Å². The average Bonchev–Trinajstić information content (AvgIpc) is 2.72. The van der Waals surface area contributed by atoms with Gasteiger partial charge in [-0.15, -0.1) is 13.2 Å². The third-order valence-corrected chi connectivity index (χ3v) is 6.53. The zero-order chi connectivity index (χ0) is 22.8. The second kappa shape index (κ2) is 8.71. The maximum absolute atomic E-state index is 13.8. The van der Waals surface area contributed by atoms with Gasteiger partial charge in [-0.25, -0.2) is 12.8 Å². The van der Waals surface area contributed by atoms with Crippen molar-refractivity contribution in [1.82, 2.24) is 9.21 Å². The van der Waals surface area contributed by atoms with Gasteiger partial charge in [0.25, 0.3) is 5.91 Å². The summed E-state index contributed by atoms with van der Waals surface area (Å²) >= 11 is 0. The first-order chi connectivity index (χ1) is 14.5. The van der Waals surface area contributed by atoms with Gasteiger partial charge >= 0.3 is 6.36 Å². The number of methoxy groups -OCH3 is 1. The second-order valence-corrected chi connectivity index (χ2v) is 8.50. The molecular weight excluding hydrogens is 444 g/mol. The number of amides is 1. The summed E-state index contributed by atoms with van der Waals surface area (Å²) in [4.78, 5) is 13.8. The SMILES string of the molecule is COc1ccc(C(=O)N2CCN(S(=O)(=O)c3ccc(OC(F)(F)F)cc3)CC2)cc1F. The van der Waals surface area contributed by atoms with Crippen molar-refractivity contribution in [3.63, 3.8) is 0 Å². The van der Waals surface area contributed by atoms with Crippen LogP contribution in [0.15, 0.2) is 47.4 Å². The number of hydrogen-bond donors (Lipinski definition) is 0. The molecule has 31 heavy (non-hydrogen) atoms. The smallest absolute Gasteiger partial charge is 0.494 e. The topological polar surface area (TPSA) is 76.2 Å². The van der Waals surface area contributed by atoms with Gasteiger partial charge in [0.2, 0.25) is 10.0 Å². The molecule has 7 nitrogen and oxygen atoms in total. The van der Waals surface area contributed by atoms with Crippen LogP contribution in [0, 0.1) is 5.82 Å². The summed E-state index contributed by atoms with van der Waals surface area (Å²) in [6.45, 7) is 0.100. The number of piperazine rings is 1. The van der Waals surface area contributed by atoms with E-state index in [-0.39, 0.29) is 42.4 Å². The summed E-state index contributed by atoms with van der Waals surface area (Å²) in [5.41, 5.74) is 0.106. The van der Waals surface area contributed by atoms with Gasteiger partial charge in [-0.2, -0.15) is 4.31 Å². The van der Waals surface area contributed by atoms with Gasteiger partial charge < -0.3 is 14.4 Å². The van der Waals surface area contributed by atoms with Crippen LogP contribution in [-0.4, -0.2) is 63.2 Å². The number of hydrogen-bond acceptors (Lipinski definition) is 5. The Balaban J connectivity index is 1.65. The lowest BCUT2D eigenvalue weighted by atomic mass is 10.1. The van der Waals surface area contributed by atoms with Gasteiger partial charge in [-0.3, -0.25) is 4.79 Å². The van der Waals surface area contributed by atoms with Crippen molar-refractivity contribution in [3.8, 4) is 11.5 Å². The monoisotopic (exact) mass is 462 g/mol. The highest BCUT2D eigenvalue weighted by Crippen LogP contribution is 2.26. The number of carbonyl (C=O) groups excluding carboxylic acids is 1. The van der Waals surface area contributed by atoms with E-state index in [2.05, 4.69) is 4.74 Å². The summed E-state index contributed by atoms with van der Waals surface area (Å²) in [5.74, 6) is -1.67. The van der Waals surface area contributed by atoms with Gasteiger partial charge in [0.05, 0.1) is 12.0 Å². The van der Waals surface area contributed by atoms with Crippen LogP contribution >= 0.6 is 0 Å². The normalized spacial score (nSPS) is 15.6. The van der Waals surface area contributed by atoms with Crippen molar-refractivity contribution >= 4 is 15.9 Å². The molecule has 168 valence electrons. The molecule has 0 saturated carbocycles. The summed E-state index contributed by atoms with van der Waals surface area (Å²) in [7, 11) is -2.67. The number of rotatable bonds is 5. The summed E-state index contributed by atoms with van der Waals surface area (Å²) in [6, 6.07) is 7.67. The van der Waals surface area contributed by atoms with Crippen LogP contribution in [0.2, 0.25) is 0 Å². The van der Waals surface area contributed by atoms with Gasteiger partial charge in [-0.1, -0.05) is 0 Å². The zero-order valence-corrected chi connectivity index (χ0v) is 17.0. The molecular formula is C19H18F4N2O5S. The molecule has 0 unspecified atom stereocenters. The highest BCUT2D eigenvalue weighted by Gasteiger charge is 2.33. The fourth-order valence-electron chi connectivity index (χ4n) is 3.08. The number of carbonyl (C=O) groups is 1. The van der Waals surface area contributed by atoms with E-state index in [1.807, 2.05) is 0 Å². The number of nitrogens with zero attached hydrogens (tertiary/aromatic N) is 2. The molecule has 0 bridgehead atoms. The molecule has 1 saturated heterocycles. The summed E-state index contributed by atoms with van der Waals surface area (Å²) in [6.07, 6.45) is -4.88. The molecule has 1 fully saturated rings. The molecule has 0 atom stereocenters. The van der Waals surface area contributed by atoms with Crippen LogP contribution in [0.3, 0.4) is 0 Å². The van der Waals surface area contributed by atoms with Crippen LogP contribution < -0.4 is 9.47 Å². The molecule has 0 aliphatic carbocycles. The summed E-state index contributed by atoms with van der Waals surface area (Å²) < 4.78 is 85.7. The van der Waals surface area contributed by atoms with Gasteiger partial charge in [0, 0.05) is 31.7 Å².